The monoisotopic (exact) mass is 204 g/mol. The minimum absolute atomic E-state index is 0.820. The summed E-state index contributed by atoms with van der Waals surface area (Å²) in [6, 6.07) is 3.79. The van der Waals surface area contributed by atoms with Crippen LogP contribution in [0.15, 0.2) is 34.4 Å². The summed E-state index contributed by atoms with van der Waals surface area (Å²) in [6.07, 6.45) is 3.66. The van der Waals surface area contributed by atoms with Crippen molar-refractivity contribution >= 4 is 16.3 Å². The molecule has 0 aromatic carbocycles. The molecule has 4 heteroatoms. The van der Waals surface area contributed by atoms with Gasteiger partial charge in [-0.1, -0.05) is 0 Å². The predicted octanol–water partition coefficient (Wildman–Crippen LogP) is 2.96. The summed E-state index contributed by atoms with van der Waals surface area (Å²) in [7, 11) is 0. The van der Waals surface area contributed by atoms with E-state index in [9.17, 15) is 0 Å². The van der Waals surface area contributed by atoms with Crippen molar-refractivity contribution in [1.29, 1.82) is 0 Å². The van der Waals surface area contributed by atoms with Crippen molar-refractivity contribution in [2.24, 2.45) is 0 Å². The molecular weight excluding hydrogens is 196 g/mol. The number of thiazole rings is 1. The molecule has 0 fully saturated rings. The molecule has 0 N–H and O–H groups in total. The second-order valence-corrected chi connectivity index (χ2v) is 3.97. The highest BCUT2D eigenvalue weighted by atomic mass is 32.1. The van der Waals surface area contributed by atoms with E-state index in [0.717, 1.165) is 16.4 Å². The Morgan fingerprint density at radius 1 is 1.50 bits per heavy atom. The fraction of sp³-hybridized carbons (Fsp3) is 0.100. The van der Waals surface area contributed by atoms with Crippen molar-refractivity contribution in [2.75, 3.05) is 0 Å². The first-order valence-corrected chi connectivity index (χ1v) is 5.19. The van der Waals surface area contributed by atoms with Crippen LogP contribution in [0, 0.1) is 6.92 Å². The third-order valence-electron chi connectivity index (χ3n) is 2.16. The summed E-state index contributed by atoms with van der Waals surface area (Å²) in [5, 5.41) is 2.09. The highest BCUT2D eigenvalue weighted by Gasteiger charge is 2.08. The van der Waals surface area contributed by atoms with Crippen LogP contribution in [0.2, 0.25) is 0 Å². The Kier molecular flexibility index (Phi) is 1.52. The van der Waals surface area contributed by atoms with E-state index < -0.39 is 0 Å². The molecule has 0 aliphatic rings. The van der Waals surface area contributed by atoms with Gasteiger partial charge in [0.25, 0.3) is 0 Å². The van der Waals surface area contributed by atoms with E-state index in [1.807, 2.05) is 18.3 Å². The topological polar surface area (TPSA) is 30.4 Å². The summed E-state index contributed by atoms with van der Waals surface area (Å²) in [5.41, 5.74) is 2.10. The molecule has 0 unspecified atom stereocenters. The summed E-state index contributed by atoms with van der Waals surface area (Å²) < 4.78 is 7.36. The van der Waals surface area contributed by atoms with Gasteiger partial charge in [0.1, 0.15) is 5.69 Å². The first-order chi connectivity index (χ1) is 6.84. The Bertz CT molecular complexity index is 562. The van der Waals surface area contributed by atoms with Gasteiger partial charge in [0, 0.05) is 17.3 Å². The molecule has 70 valence electrons. The van der Waals surface area contributed by atoms with Crippen LogP contribution in [0.3, 0.4) is 0 Å². The van der Waals surface area contributed by atoms with Gasteiger partial charge in [-0.15, -0.1) is 11.3 Å². The molecule has 0 saturated heterocycles. The molecule has 0 spiro atoms. The van der Waals surface area contributed by atoms with Gasteiger partial charge in [-0.3, -0.25) is 4.40 Å². The van der Waals surface area contributed by atoms with Crippen LogP contribution in [-0.2, 0) is 0 Å². The SMILES string of the molecule is Cc1csc2nc(-c3ccco3)cn12. The smallest absolute Gasteiger partial charge is 0.194 e. The number of aromatic nitrogens is 2. The van der Waals surface area contributed by atoms with Crippen LogP contribution in [0.25, 0.3) is 16.4 Å². The number of imidazole rings is 1. The maximum atomic E-state index is 5.29. The normalized spacial score (nSPS) is 11.2. The fourth-order valence-electron chi connectivity index (χ4n) is 1.44. The molecule has 3 aromatic rings. The molecule has 3 rings (SSSR count). The summed E-state index contributed by atoms with van der Waals surface area (Å²) in [6.45, 7) is 2.07. The first kappa shape index (κ1) is 7.82. The minimum Gasteiger partial charge on any atom is -0.463 e. The Labute approximate surface area is 84.6 Å². The molecular formula is C10H8N2OS. The Morgan fingerprint density at radius 2 is 2.43 bits per heavy atom. The van der Waals surface area contributed by atoms with E-state index in [-0.39, 0.29) is 0 Å². The molecule has 14 heavy (non-hydrogen) atoms. The van der Waals surface area contributed by atoms with Crippen LogP contribution < -0.4 is 0 Å². The number of hydrogen-bond donors (Lipinski definition) is 0. The molecule has 0 saturated carbocycles. The number of hydrogen-bond acceptors (Lipinski definition) is 3. The lowest BCUT2D eigenvalue weighted by atomic mass is 10.4. The second-order valence-electron chi connectivity index (χ2n) is 3.13. The van der Waals surface area contributed by atoms with Crippen LogP contribution in [0.5, 0.6) is 0 Å². The zero-order valence-electron chi connectivity index (χ0n) is 7.60. The Balaban J connectivity index is 2.24. The maximum Gasteiger partial charge on any atom is 0.194 e. The van der Waals surface area contributed by atoms with E-state index in [1.54, 1.807) is 17.6 Å². The van der Waals surface area contributed by atoms with Gasteiger partial charge in [0.2, 0.25) is 0 Å². The Morgan fingerprint density at radius 3 is 3.14 bits per heavy atom. The van der Waals surface area contributed by atoms with Crippen molar-refractivity contribution in [3.05, 3.63) is 35.7 Å². The minimum atomic E-state index is 0.820. The number of aryl methyl sites for hydroxylation is 1. The molecule has 3 heterocycles. The van der Waals surface area contributed by atoms with Gasteiger partial charge < -0.3 is 4.42 Å². The summed E-state index contributed by atoms with van der Waals surface area (Å²) in [4.78, 5) is 5.47. The van der Waals surface area contributed by atoms with Gasteiger partial charge in [-0.2, -0.15) is 0 Å². The van der Waals surface area contributed by atoms with Gasteiger partial charge in [0.05, 0.1) is 6.26 Å². The average molecular weight is 204 g/mol. The maximum absolute atomic E-state index is 5.29. The standard InChI is InChI=1S/C10H8N2OS/c1-7-6-14-10-11-8(5-12(7)10)9-3-2-4-13-9/h2-6H,1H3. The predicted molar refractivity (Wildman–Crippen MR) is 55.5 cm³/mol. The number of rotatable bonds is 1. The third kappa shape index (κ3) is 1.01. The van der Waals surface area contributed by atoms with Gasteiger partial charge in [-0.25, -0.2) is 4.98 Å². The lowest BCUT2D eigenvalue weighted by Gasteiger charge is -1.86. The van der Waals surface area contributed by atoms with Crippen molar-refractivity contribution in [1.82, 2.24) is 9.38 Å². The number of furan rings is 1. The number of fused-ring (bicyclic) bond motifs is 1. The van der Waals surface area contributed by atoms with E-state index in [4.69, 9.17) is 4.42 Å². The second kappa shape index (κ2) is 2.72. The summed E-state index contributed by atoms with van der Waals surface area (Å²) >= 11 is 1.64. The lowest BCUT2D eigenvalue weighted by molar-refractivity contribution is 0.580. The van der Waals surface area contributed by atoms with Gasteiger partial charge >= 0.3 is 0 Å². The van der Waals surface area contributed by atoms with E-state index in [1.165, 1.54) is 5.69 Å². The Hall–Kier alpha value is -1.55. The summed E-state index contributed by atoms with van der Waals surface area (Å²) in [5.74, 6) is 0.820. The highest BCUT2D eigenvalue weighted by molar-refractivity contribution is 7.15. The highest BCUT2D eigenvalue weighted by Crippen LogP contribution is 2.23. The molecule has 0 atom stereocenters. The molecule has 0 radical (unpaired) electrons. The zero-order chi connectivity index (χ0) is 9.54. The fourth-order valence-corrected chi connectivity index (χ4v) is 2.29. The molecule has 0 bridgehead atoms. The molecule has 0 amide bonds. The lowest BCUT2D eigenvalue weighted by Crippen LogP contribution is -1.77. The largest absolute Gasteiger partial charge is 0.463 e. The van der Waals surface area contributed by atoms with E-state index in [0.29, 0.717) is 0 Å². The van der Waals surface area contributed by atoms with Crippen LogP contribution in [0.4, 0.5) is 0 Å². The van der Waals surface area contributed by atoms with E-state index in [2.05, 4.69) is 21.7 Å². The van der Waals surface area contributed by atoms with Crippen LogP contribution in [0.1, 0.15) is 5.69 Å². The molecule has 0 aliphatic carbocycles. The zero-order valence-corrected chi connectivity index (χ0v) is 8.41. The van der Waals surface area contributed by atoms with E-state index >= 15 is 0 Å². The van der Waals surface area contributed by atoms with Gasteiger partial charge in [0.15, 0.2) is 10.7 Å². The van der Waals surface area contributed by atoms with Crippen LogP contribution in [-0.4, -0.2) is 9.38 Å². The van der Waals surface area contributed by atoms with Gasteiger partial charge in [-0.05, 0) is 19.1 Å². The quantitative estimate of drug-likeness (QED) is 0.610. The van der Waals surface area contributed by atoms with Crippen molar-refractivity contribution in [3.8, 4) is 11.5 Å². The third-order valence-corrected chi connectivity index (χ3v) is 3.12. The average Bonchev–Trinajstić information content (AvgIpc) is 2.83. The van der Waals surface area contributed by atoms with Crippen molar-refractivity contribution in [2.45, 2.75) is 6.92 Å². The molecule has 0 aliphatic heterocycles. The number of nitrogens with zero attached hydrogens (tertiary/aromatic N) is 2. The van der Waals surface area contributed by atoms with Crippen molar-refractivity contribution < 1.29 is 4.42 Å². The first-order valence-electron chi connectivity index (χ1n) is 4.31. The molecule has 3 nitrogen and oxygen atoms in total. The van der Waals surface area contributed by atoms with Crippen molar-refractivity contribution in [3.63, 3.8) is 0 Å². The van der Waals surface area contributed by atoms with Crippen LogP contribution >= 0.6 is 11.3 Å². The molecule has 3 aromatic heterocycles.